The summed E-state index contributed by atoms with van der Waals surface area (Å²) in [7, 11) is 0. The summed E-state index contributed by atoms with van der Waals surface area (Å²) in [5, 5.41) is 8.31. The summed E-state index contributed by atoms with van der Waals surface area (Å²) in [5.74, 6) is -0.537. The molecule has 0 aliphatic carbocycles. The maximum Gasteiger partial charge on any atom is 0.252 e. The molecule has 0 fully saturated rings. The summed E-state index contributed by atoms with van der Waals surface area (Å²) >= 11 is 0. The lowest BCUT2D eigenvalue weighted by molar-refractivity contribution is 0.100. The number of rotatable bonds is 4. The molecular formula is C13H13N6O. The van der Waals surface area contributed by atoms with Crippen LogP contribution >= 0.6 is 0 Å². The van der Waals surface area contributed by atoms with Crippen LogP contribution in [0, 0.1) is 6.33 Å². The number of amides is 1. The molecule has 0 bridgehead atoms. The molecule has 0 saturated carbocycles. The topological polar surface area (TPSA) is 91.1 Å². The first-order valence-corrected chi connectivity index (χ1v) is 6.29. The fourth-order valence-corrected chi connectivity index (χ4v) is 2.12. The van der Waals surface area contributed by atoms with Crippen LogP contribution in [-0.2, 0) is 6.54 Å². The number of fused-ring (bicyclic) bond motifs is 1. The van der Waals surface area contributed by atoms with Crippen LogP contribution in [0.1, 0.15) is 23.7 Å². The minimum atomic E-state index is -0.537. The van der Waals surface area contributed by atoms with Gasteiger partial charge in [-0.15, -0.1) is 5.10 Å². The molecule has 0 aliphatic rings. The van der Waals surface area contributed by atoms with Gasteiger partial charge >= 0.3 is 0 Å². The van der Waals surface area contributed by atoms with E-state index < -0.39 is 5.91 Å². The molecule has 1 amide bonds. The number of carbonyl (C=O) groups is 1. The Balaban J connectivity index is 2.14. The minimum Gasteiger partial charge on any atom is -0.365 e. The van der Waals surface area contributed by atoms with Crippen LogP contribution in [0.25, 0.3) is 16.9 Å². The van der Waals surface area contributed by atoms with Crippen LogP contribution in [0.5, 0.6) is 0 Å². The van der Waals surface area contributed by atoms with Gasteiger partial charge in [0.05, 0.1) is 17.5 Å². The number of primary amides is 1. The molecule has 0 unspecified atom stereocenters. The van der Waals surface area contributed by atoms with Crippen molar-refractivity contribution in [2.75, 3.05) is 0 Å². The van der Waals surface area contributed by atoms with Crippen LogP contribution in [0.2, 0.25) is 0 Å². The Morgan fingerprint density at radius 1 is 1.45 bits per heavy atom. The van der Waals surface area contributed by atoms with Crippen molar-refractivity contribution in [3.63, 3.8) is 0 Å². The van der Waals surface area contributed by atoms with Crippen molar-refractivity contribution in [1.29, 1.82) is 0 Å². The van der Waals surface area contributed by atoms with Crippen molar-refractivity contribution >= 4 is 11.6 Å². The minimum absolute atomic E-state index is 0.323. The quantitative estimate of drug-likeness (QED) is 0.761. The van der Waals surface area contributed by atoms with Gasteiger partial charge < -0.3 is 5.73 Å². The molecular weight excluding hydrogens is 256 g/mol. The Labute approximate surface area is 115 Å². The molecule has 2 N–H and O–H groups in total. The van der Waals surface area contributed by atoms with Crippen molar-refractivity contribution in [3.8, 4) is 11.3 Å². The van der Waals surface area contributed by atoms with E-state index in [2.05, 4.69) is 28.4 Å². The first-order valence-electron chi connectivity index (χ1n) is 6.29. The van der Waals surface area contributed by atoms with Crippen LogP contribution < -0.4 is 5.73 Å². The monoisotopic (exact) mass is 269 g/mol. The van der Waals surface area contributed by atoms with E-state index in [1.54, 1.807) is 22.8 Å². The van der Waals surface area contributed by atoms with Crippen molar-refractivity contribution in [1.82, 2.24) is 24.4 Å². The second-order valence-electron chi connectivity index (χ2n) is 4.44. The van der Waals surface area contributed by atoms with Crippen LogP contribution in [0.3, 0.4) is 0 Å². The summed E-state index contributed by atoms with van der Waals surface area (Å²) in [6, 6.07) is 3.43. The standard InChI is InChI=1S/C13H13N6O/c1-2-5-18-7-9(6-16-18)11-4-3-10(12(14)20)13-15-8-17-19(11)13/h3-4,6-7H,2,5H2,1H3,(H2,14,20). The number of pyridine rings is 1. The fraction of sp³-hybridized carbons (Fsp3) is 0.231. The number of carbonyl (C=O) groups excluding carboxylic acids is 1. The lowest BCUT2D eigenvalue weighted by atomic mass is 10.2. The van der Waals surface area contributed by atoms with Gasteiger partial charge in [-0.1, -0.05) is 6.92 Å². The second kappa shape index (κ2) is 4.76. The van der Waals surface area contributed by atoms with E-state index in [4.69, 9.17) is 5.73 Å². The zero-order valence-electron chi connectivity index (χ0n) is 10.9. The largest absolute Gasteiger partial charge is 0.365 e. The summed E-state index contributed by atoms with van der Waals surface area (Å²) in [6.07, 6.45) is 7.21. The molecule has 20 heavy (non-hydrogen) atoms. The molecule has 3 rings (SSSR count). The normalized spacial score (nSPS) is 11.1. The third kappa shape index (κ3) is 1.93. The predicted molar refractivity (Wildman–Crippen MR) is 71.9 cm³/mol. The predicted octanol–water partition coefficient (Wildman–Crippen LogP) is 0.902. The number of aryl methyl sites for hydroxylation is 1. The zero-order valence-corrected chi connectivity index (χ0v) is 10.9. The molecule has 3 aromatic rings. The lowest BCUT2D eigenvalue weighted by Crippen LogP contribution is -2.13. The average molecular weight is 269 g/mol. The molecule has 7 nitrogen and oxygen atoms in total. The van der Waals surface area contributed by atoms with E-state index in [9.17, 15) is 4.79 Å². The Hall–Kier alpha value is -2.70. The highest BCUT2D eigenvalue weighted by Crippen LogP contribution is 2.21. The Morgan fingerprint density at radius 3 is 3.05 bits per heavy atom. The van der Waals surface area contributed by atoms with Gasteiger partial charge in [0.25, 0.3) is 5.91 Å². The third-order valence-corrected chi connectivity index (χ3v) is 3.03. The van der Waals surface area contributed by atoms with Gasteiger partial charge in [-0.25, -0.2) is 9.50 Å². The molecule has 0 aliphatic heterocycles. The van der Waals surface area contributed by atoms with Gasteiger partial charge in [-0.05, 0) is 18.6 Å². The van der Waals surface area contributed by atoms with Gasteiger partial charge in [0, 0.05) is 18.3 Å². The highest BCUT2D eigenvalue weighted by Gasteiger charge is 2.14. The van der Waals surface area contributed by atoms with E-state index in [-0.39, 0.29) is 0 Å². The molecule has 101 valence electrons. The molecule has 1 radical (unpaired) electrons. The molecule has 7 heteroatoms. The third-order valence-electron chi connectivity index (χ3n) is 3.03. The number of nitrogens with two attached hydrogens (primary N) is 1. The van der Waals surface area contributed by atoms with Crippen LogP contribution in [0.15, 0.2) is 24.5 Å². The molecule has 0 spiro atoms. The second-order valence-corrected chi connectivity index (χ2v) is 4.44. The molecule has 0 saturated heterocycles. The van der Waals surface area contributed by atoms with E-state index in [0.29, 0.717) is 11.2 Å². The summed E-state index contributed by atoms with van der Waals surface area (Å²) in [5.41, 5.74) is 7.74. The van der Waals surface area contributed by atoms with Crippen molar-refractivity contribution in [3.05, 3.63) is 36.4 Å². The van der Waals surface area contributed by atoms with E-state index >= 15 is 0 Å². The number of hydrogen-bond donors (Lipinski definition) is 1. The average Bonchev–Trinajstić information content (AvgIpc) is 3.06. The van der Waals surface area contributed by atoms with Gasteiger partial charge in [0.15, 0.2) is 5.65 Å². The van der Waals surface area contributed by atoms with Gasteiger partial charge in [0.1, 0.15) is 0 Å². The van der Waals surface area contributed by atoms with E-state index in [0.717, 1.165) is 24.2 Å². The lowest BCUT2D eigenvalue weighted by Gasteiger charge is -2.04. The summed E-state index contributed by atoms with van der Waals surface area (Å²) in [6.45, 7) is 2.94. The highest BCUT2D eigenvalue weighted by molar-refractivity contribution is 5.99. The van der Waals surface area contributed by atoms with Crippen LogP contribution in [-0.4, -0.2) is 30.3 Å². The maximum atomic E-state index is 11.4. The molecule has 0 atom stereocenters. The Kier molecular flexibility index (Phi) is 2.94. The van der Waals surface area contributed by atoms with Gasteiger partial charge in [-0.3, -0.25) is 9.48 Å². The van der Waals surface area contributed by atoms with Crippen LogP contribution in [0.4, 0.5) is 0 Å². The van der Waals surface area contributed by atoms with Gasteiger partial charge in [0.2, 0.25) is 6.33 Å². The summed E-state index contributed by atoms with van der Waals surface area (Å²) < 4.78 is 3.41. The summed E-state index contributed by atoms with van der Waals surface area (Å²) in [4.78, 5) is 15.3. The Bertz CT molecular complexity index is 772. The number of aromatic nitrogens is 5. The SMILES string of the molecule is CCCn1cc(-c2ccc(C(N)=O)c3n[c]nn23)cn1. The number of hydrogen-bond acceptors (Lipinski definition) is 4. The zero-order chi connectivity index (χ0) is 14.1. The van der Waals surface area contributed by atoms with E-state index in [1.807, 2.05) is 10.9 Å². The smallest absolute Gasteiger partial charge is 0.252 e. The van der Waals surface area contributed by atoms with Gasteiger partial charge in [-0.2, -0.15) is 5.10 Å². The van der Waals surface area contributed by atoms with Crippen molar-refractivity contribution in [2.24, 2.45) is 5.73 Å². The molecule has 3 heterocycles. The first kappa shape index (κ1) is 12.3. The molecule has 0 aromatic carbocycles. The Morgan fingerprint density at radius 2 is 2.30 bits per heavy atom. The van der Waals surface area contributed by atoms with Crippen molar-refractivity contribution in [2.45, 2.75) is 19.9 Å². The number of nitrogens with zero attached hydrogens (tertiary/aromatic N) is 5. The first-order chi connectivity index (χ1) is 9.70. The van der Waals surface area contributed by atoms with E-state index in [1.165, 1.54) is 0 Å². The maximum absolute atomic E-state index is 11.4. The molecule has 3 aromatic heterocycles. The highest BCUT2D eigenvalue weighted by atomic mass is 16.1. The van der Waals surface area contributed by atoms with Crippen molar-refractivity contribution < 1.29 is 4.79 Å². The fourth-order valence-electron chi connectivity index (χ4n) is 2.12.